The molecule has 3 aromatic rings. The van der Waals surface area contributed by atoms with E-state index < -0.39 is 11.9 Å². The van der Waals surface area contributed by atoms with Gasteiger partial charge in [0.25, 0.3) is 11.8 Å². The van der Waals surface area contributed by atoms with Crippen LogP contribution in [-0.2, 0) is 11.2 Å². The molecule has 0 radical (unpaired) electrons. The maximum absolute atomic E-state index is 14.3. The molecule has 0 saturated heterocycles. The van der Waals surface area contributed by atoms with E-state index in [0.717, 1.165) is 0 Å². The van der Waals surface area contributed by atoms with Crippen molar-refractivity contribution in [3.05, 3.63) is 59.6 Å². The predicted molar refractivity (Wildman–Crippen MR) is 114 cm³/mol. The molecule has 2 atom stereocenters. The van der Waals surface area contributed by atoms with Crippen LogP contribution in [0.3, 0.4) is 0 Å². The number of benzene rings is 1. The smallest absolute Gasteiger partial charge is 0.291 e. The third-order valence-electron chi connectivity index (χ3n) is 5.84. The molecule has 4 heterocycles. The highest BCUT2D eigenvalue weighted by molar-refractivity contribution is 6.02. The molecule has 1 aromatic carbocycles. The van der Waals surface area contributed by atoms with E-state index in [0.29, 0.717) is 41.5 Å². The van der Waals surface area contributed by atoms with E-state index in [1.54, 1.807) is 36.0 Å². The van der Waals surface area contributed by atoms with Gasteiger partial charge in [-0.05, 0) is 12.5 Å². The molecule has 0 spiro atoms. The summed E-state index contributed by atoms with van der Waals surface area (Å²) in [5, 5.41) is 6.97. The number of nitrogens with one attached hydrogen (secondary N) is 1. The molecule has 2 aliphatic rings. The Morgan fingerprint density at radius 2 is 2.15 bits per heavy atom. The number of pyridine rings is 1. The molecule has 11 heteroatoms. The van der Waals surface area contributed by atoms with Gasteiger partial charge in [0, 0.05) is 25.1 Å². The normalized spacial score (nSPS) is 19.4. The number of carbonyl (C=O) groups is 2. The van der Waals surface area contributed by atoms with Crippen molar-refractivity contribution in [1.29, 1.82) is 0 Å². The van der Waals surface area contributed by atoms with Crippen LogP contribution in [0.5, 0.6) is 11.6 Å². The molecule has 0 bridgehead atoms. The van der Waals surface area contributed by atoms with Gasteiger partial charge in [-0.2, -0.15) is 0 Å². The van der Waals surface area contributed by atoms with Crippen molar-refractivity contribution in [1.82, 2.24) is 25.1 Å². The second-order valence-corrected chi connectivity index (χ2v) is 7.80. The lowest BCUT2D eigenvalue weighted by molar-refractivity contribution is -0.120. The topological polar surface area (TPSA) is 111 Å². The third-order valence-corrected chi connectivity index (χ3v) is 5.84. The van der Waals surface area contributed by atoms with Crippen LogP contribution in [0.1, 0.15) is 34.5 Å². The van der Waals surface area contributed by atoms with Crippen LogP contribution in [0.15, 0.2) is 36.5 Å². The zero-order valence-corrected chi connectivity index (χ0v) is 18.0. The number of aryl methyl sites for hydroxylation is 1. The summed E-state index contributed by atoms with van der Waals surface area (Å²) >= 11 is 0. The molecule has 2 aromatic heterocycles. The molecule has 0 aliphatic carbocycles. The fourth-order valence-corrected chi connectivity index (χ4v) is 4.11. The van der Waals surface area contributed by atoms with Crippen LogP contribution >= 0.6 is 0 Å². The minimum Gasteiger partial charge on any atom is -0.488 e. The minimum absolute atomic E-state index is 0.0772. The second kappa shape index (κ2) is 8.15. The standard InChI is InChI=1S/C22H21FN6O4/c1-28-16-10-24-19(32-2)9-17(16)33-11-14(22(28)31)25-21(30)20-26-18-8-7-15(29(18)27-20)12-5-3-4-6-13(12)23/h3-6,9-10,14-15H,7-8,11H2,1-2H3,(H,25,30)/t14-,15-/m0/s1. The van der Waals surface area contributed by atoms with Crippen molar-refractivity contribution in [2.45, 2.75) is 24.9 Å². The van der Waals surface area contributed by atoms with Gasteiger partial charge in [-0.25, -0.2) is 19.0 Å². The van der Waals surface area contributed by atoms with E-state index in [9.17, 15) is 14.0 Å². The molecule has 0 fully saturated rings. The van der Waals surface area contributed by atoms with Gasteiger partial charge in [-0.1, -0.05) is 18.2 Å². The molecule has 2 aliphatic heterocycles. The van der Waals surface area contributed by atoms with Crippen LogP contribution in [-0.4, -0.2) is 58.4 Å². The Morgan fingerprint density at radius 3 is 2.94 bits per heavy atom. The Hall–Kier alpha value is -4.02. The number of carbonyl (C=O) groups excluding carboxylic acids is 2. The maximum atomic E-state index is 14.3. The molecule has 5 rings (SSSR count). The first-order valence-electron chi connectivity index (χ1n) is 10.4. The molecule has 0 saturated carbocycles. The molecule has 10 nitrogen and oxygen atoms in total. The van der Waals surface area contributed by atoms with E-state index in [4.69, 9.17) is 9.47 Å². The van der Waals surface area contributed by atoms with Gasteiger partial charge in [0.1, 0.15) is 35.7 Å². The van der Waals surface area contributed by atoms with Crippen LogP contribution in [0, 0.1) is 5.82 Å². The molecule has 0 unspecified atom stereocenters. The lowest BCUT2D eigenvalue weighted by Crippen LogP contribution is -2.49. The Morgan fingerprint density at radius 1 is 1.33 bits per heavy atom. The zero-order chi connectivity index (χ0) is 23.1. The first-order valence-corrected chi connectivity index (χ1v) is 10.4. The number of nitrogens with zero attached hydrogens (tertiary/aromatic N) is 5. The summed E-state index contributed by atoms with van der Waals surface area (Å²) in [5.41, 5.74) is 0.966. The minimum atomic E-state index is -0.957. The Labute approximate surface area is 188 Å². The van der Waals surface area contributed by atoms with Crippen molar-refractivity contribution in [2.75, 3.05) is 25.7 Å². The van der Waals surface area contributed by atoms with Crippen LogP contribution in [0.4, 0.5) is 10.1 Å². The largest absolute Gasteiger partial charge is 0.488 e. The molecule has 2 amide bonds. The Balaban J connectivity index is 1.34. The summed E-state index contributed by atoms with van der Waals surface area (Å²) in [4.78, 5) is 35.6. The van der Waals surface area contributed by atoms with Gasteiger partial charge in [0.15, 0.2) is 0 Å². The quantitative estimate of drug-likeness (QED) is 0.639. The molecular weight excluding hydrogens is 431 g/mol. The van der Waals surface area contributed by atoms with Crippen LogP contribution in [0.25, 0.3) is 0 Å². The molecule has 33 heavy (non-hydrogen) atoms. The summed E-state index contributed by atoms with van der Waals surface area (Å²) in [6, 6.07) is 6.78. The third kappa shape index (κ3) is 3.65. The van der Waals surface area contributed by atoms with Gasteiger partial charge in [-0.3, -0.25) is 9.59 Å². The highest BCUT2D eigenvalue weighted by Gasteiger charge is 2.34. The summed E-state index contributed by atoms with van der Waals surface area (Å²) in [6.07, 6.45) is 2.69. The Bertz CT molecular complexity index is 1250. The average Bonchev–Trinajstić information content (AvgIpc) is 3.39. The number of fused-ring (bicyclic) bond motifs is 2. The van der Waals surface area contributed by atoms with Crippen LogP contribution in [0.2, 0.25) is 0 Å². The van der Waals surface area contributed by atoms with E-state index in [1.807, 2.05) is 0 Å². The van der Waals surface area contributed by atoms with Gasteiger partial charge in [0.2, 0.25) is 11.7 Å². The summed E-state index contributed by atoms with van der Waals surface area (Å²) in [7, 11) is 3.06. The van der Waals surface area contributed by atoms with Crippen molar-refractivity contribution >= 4 is 17.5 Å². The van der Waals surface area contributed by atoms with Gasteiger partial charge in [-0.15, -0.1) is 5.10 Å². The molecule has 1 N–H and O–H groups in total. The van der Waals surface area contributed by atoms with E-state index >= 15 is 0 Å². The lowest BCUT2D eigenvalue weighted by atomic mass is 10.0. The van der Waals surface area contributed by atoms with Gasteiger partial charge < -0.3 is 19.7 Å². The number of anilines is 1. The average molecular weight is 452 g/mol. The van der Waals surface area contributed by atoms with Crippen molar-refractivity contribution in [2.24, 2.45) is 0 Å². The number of halogens is 1. The summed E-state index contributed by atoms with van der Waals surface area (Å²) in [6.45, 7) is -0.0828. The number of likely N-dealkylation sites (N-methyl/N-ethyl adjacent to an activating group) is 1. The Kier molecular flexibility index (Phi) is 5.15. The number of hydrogen-bond acceptors (Lipinski definition) is 7. The fourth-order valence-electron chi connectivity index (χ4n) is 4.11. The van der Waals surface area contributed by atoms with E-state index in [1.165, 1.54) is 24.3 Å². The SMILES string of the molecule is COc1cc2c(cn1)N(C)C(=O)[C@@H](NC(=O)c1nc3n(n1)[C@H](c1ccccc1F)CC3)CO2. The summed E-state index contributed by atoms with van der Waals surface area (Å²) in [5.74, 6) is -0.0244. The van der Waals surface area contributed by atoms with E-state index in [2.05, 4.69) is 20.4 Å². The first kappa shape index (κ1) is 20.9. The number of amides is 2. The first-order chi connectivity index (χ1) is 16.0. The highest BCUT2D eigenvalue weighted by Crippen LogP contribution is 2.33. The van der Waals surface area contributed by atoms with Crippen molar-refractivity contribution in [3.8, 4) is 11.6 Å². The number of methoxy groups -OCH3 is 1. The van der Waals surface area contributed by atoms with Crippen molar-refractivity contribution < 1.29 is 23.5 Å². The second-order valence-electron chi connectivity index (χ2n) is 7.80. The monoisotopic (exact) mass is 452 g/mol. The van der Waals surface area contributed by atoms with Gasteiger partial charge >= 0.3 is 0 Å². The number of ether oxygens (including phenoxy) is 2. The zero-order valence-electron chi connectivity index (χ0n) is 18.0. The van der Waals surface area contributed by atoms with Gasteiger partial charge in [0.05, 0.1) is 19.3 Å². The lowest BCUT2D eigenvalue weighted by Gasteiger charge is -2.19. The maximum Gasteiger partial charge on any atom is 0.291 e. The molecule has 170 valence electrons. The van der Waals surface area contributed by atoms with Crippen LogP contribution < -0.4 is 19.7 Å². The number of hydrogen-bond donors (Lipinski definition) is 1. The van der Waals surface area contributed by atoms with Crippen molar-refractivity contribution in [3.63, 3.8) is 0 Å². The highest BCUT2D eigenvalue weighted by atomic mass is 19.1. The predicted octanol–water partition coefficient (Wildman–Crippen LogP) is 1.51. The number of aromatic nitrogens is 4. The number of rotatable bonds is 4. The fraction of sp³-hybridized carbons (Fsp3) is 0.318. The van der Waals surface area contributed by atoms with E-state index in [-0.39, 0.29) is 30.2 Å². The summed E-state index contributed by atoms with van der Waals surface area (Å²) < 4.78 is 26.7. The molecular formula is C22H21FN6O4.